The number of fused-ring (bicyclic) bond motifs is 2. The highest BCUT2D eigenvalue weighted by Gasteiger charge is 2.34. The zero-order chi connectivity index (χ0) is 19.2. The number of amides is 4. The highest BCUT2D eigenvalue weighted by atomic mass is 32.2. The van der Waals surface area contributed by atoms with Gasteiger partial charge in [-0.25, -0.2) is 22.7 Å². The van der Waals surface area contributed by atoms with E-state index in [1.54, 1.807) is 0 Å². The van der Waals surface area contributed by atoms with Gasteiger partial charge >= 0.3 is 12.1 Å². The van der Waals surface area contributed by atoms with E-state index >= 15 is 0 Å². The molecule has 3 N–H and O–H groups in total. The van der Waals surface area contributed by atoms with Crippen LogP contribution in [0, 0.1) is 0 Å². The number of carbonyl (C=O) groups is 2. The van der Waals surface area contributed by atoms with Crippen molar-refractivity contribution in [3.63, 3.8) is 0 Å². The number of carbonyl (C=O) groups excluding carboxylic acids is 2. The van der Waals surface area contributed by atoms with Gasteiger partial charge in [0.1, 0.15) is 5.25 Å². The normalized spacial score (nSPS) is 21.4. The standard InChI is InChI=1S/C18H24N4O4S/c1-22-10-13(9-19-18(22)24)27(25,26)21-17(23)20-16-14-6-2-4-11(14)8-12-5-3-7-15(12)16/h8,13H,2-7,9-10H2,1H3,(H,19,24)(H2,20,21,23). The molecule has 1 unspecified atom stereocenters. The molecule has 4 amide bonds. The molecule has 1 aromatic rings. The molecule has 1 aromatic carbocycles. The van der Waals surface area contributed by atoms with E-state index in [9.17, 15) is 18.0 Å². The molecule has 0 aromatic heterocycles. The van der Waals surface area contributed by atoms with Crippen molar-refractivity contribution in [2.24, 2.45) is 0 Å². The lowest BCUT2D eigenvalue weighted by Crippen LogP contribution is -2.57. The van der Waals surface area contributed by atoms with Crippen LogP contribution < -0.4 is 15.4 Å². The molecule has 0 saturated carbocycles. The van der Waals surface area contributed by atoms with Crippen molar-refractivity contribution in [2.75, 3.05) is 25.5 Å². The van der Waals surface area contributed by atoms with Crippen LogP contribution in [0.4, 0.5) is 15.3 Å². The lowest BCUT2D eigenvalue weighted by molar-refractivity contribution is 0.199. The fourth-order valence-corrected chi connectivity index (χ4v) is 5.51. The van der Waals surface area contributed by atoms with Gasteiger partial charge in [0.15, 0.2) is 0 Å². The lowest BCUT2D eigenvalue weighted by Gasteiger charge is -2.30. The molecule has 0 radical (unpaired) electrons. The van der Waals surface area contributed by atoms with Crippen molar-refractivity contribution >= 4 is 27.8 Å². The molecule has 3 aliphatic rings. The van der Waals surface area contributed by atoms with Crippen molar-refractivity contribution < 1.29 is 18.0 Å². The number of anilines is 1. The number of hydrogen-bond donors (Lipinski definition) is 3. The molecular weight excluding hydrogens is 368 g/mol. The summed E-state index contributed by atoms with van der Waals surface area (Å²) in [6, 6.07) is 1.20. The average Bonchev–Trinajstić information content (AvgIpc) is 3.25. The van der Waals surface area contributed by atoms with Crippen LogP contribution in [0.2, 0.25) is 0 Å². The minimum absolute atomic E-state index is 0.0120. The van der Waals surface area contributed by atoms with Gasteiger partial charge in [-0.15, -0.1) is 0 Å². The maximum absolute atomic E-state index is 12.6. The second-order valence-corrected chi connectivity index (χ2v) is 9.48. The van der Waals surface area contributed by atoms with Gasteiger partial charge in [-0.05, 0) is 60.8 Å². The fraction of sp³-hybridized carbons (Fsp3) is 0.556. The van der Waals surface area contributed by atoms with Crippen LogP contribution in [0.1, 0.15) is 35.1 Å². The Morgan fingerprint density at radius 1 is 1.15 bits per heavy atom. The number of benzene rings is 1. The van der Waals surface area contributed by atoms with Gasteiger partial charge in [-0.2, -0.15) is 0 Å². The van der Waals surface area contributed by atoms with Crippen molar-refractivity contribution in [1.82, 2.24) is 14.9 Å². The second kappa shape index (κ2) is 6.70. The maximum atomic E-state index is 12.6. The molecule has 27 heavy (non-hydrogen) atoms. The smallest absolute Gasteiger partial charge is 0.332 e. The zero-order valence-corrected chi connectivity index (χ0v) is 16.1. The number of aryl methyl sites for hydroxylation is 2. The number of urea groups is 2. The Hall–Kier alpha value is -2.29. The summed E-state index contributed by atoms with van der Waals surface area (Å²) in [6.07, 6.45) is 5.94. The molecule has 146 valence electrons. The van der Waals surface area contributed by atoms with Gasteiger partial charge in [0.25, 0.3) is 0 Å². The predicted octanol–water partition coefficient (Wildman–Crippen LogP) is 1.14. The van der Waals surface area contributed by atoms with Crippen molar-refractivity contribution in [2.45, 2.75) is 43.8 Å². The Balaban J connectivity index is 1.51. The van der Waals surface area contributed by atoms with Gasteiger partial charge in [0.05, 0.1) is 0 Å². The number of nitrogens with zero attached hydrogens (tertiary/aromatic N) is 1. The average molecular weight is 392 g/mol. The Labute approximate surface area is 158 Å². The highest BCUT2D eigenvalue weighted by molar-refractivity contribution is 7.90. The van der Waals surface area contributed by atoms with Gasteiger partial charge in [-0.1, -0.05) is 6.07 Å². The SMILES string of the molecule is CN1CC(S(=O)(=O)NC(=O)Nc2c3c(cc4c2CCC4)CCC3)CNC1=O. The first-order valence-electron chi connectivity index (χ1n) is 9.33. The van der Waals surface area contributed by atoms with E-state index in [1.807, 2.05) is 0 Å². The molecule has 1 atom stereocenters. The first kappa shape index (κ1) is 18.1. The minimum atomic E-state index is -3.91. The Morgan fingerprint density at radius 2 is 1.78 bits per heavy atom. The summed E-state index contributed by atoms with van der Waals surface area (Å²) >= 11 is 0. The molecule has 1 aliphatic heterocycles. The quantitative estimate of drug-likeness (QED) is 0.717. The number of hydrogen-bond acceptors (Lipinski definition) is 4. The molecule has 1 saturated heterocycles. The van der Waals surface area contributed by atoms with Crippen LogP contribution in [0.3, 0.4) is 0 Å². The van der Waals surface area contributed by atoms with Crippen molar-refractivity contribution in [3.8, 4) is 0 Å². The van der Waals surface area contributed by atoms with Crippen LogP contribution in [0.25, 0.3) is 0 Å². The summed E-state index contributed by atoms with van der Waals surface area (Å²) in [4.78, 5) is 25.3. The third kappa shape index (κ3) is 3.36. The molecule has 4 rings (SSSR count). The van der Waals surface area contributed by atoms with E-state index in [4.69, 9.17) is 0 Å². The lowest BCUT2D eigenvalue weighted by atomic mass is 9.99. The van der Waals surface area contributed by atoms with Crippen LogP contribution in [0.5, 0.6) is 0 Å². The molecule has 9 heteroatoms. The Morgan fingerprint density at radius 3 is 2.37 bits per heavy atom. The summed E-state index contributed by atoms with van der Waals surface area (Å²) in [5, 5.41) is 4.47. The van der Waals surface area contributed by atoms with Crippen LogP contribution >= 0.6 is 0 Å². The first-order chi connectivity index (χ1) is 12.8. The number of nitrogens with one attached hydrogen (secondary N) is 3. The summed E-state index contributed by atoms with van der Waals surface area (Å²) < 4.78 is 27.2. The number of sulfonamides is 1. The van der Waals surface area contributed by atoms with Gasteiger partial charge < -0.3 is 15.5 Å². The van der Waals surface area contributed by atoms with E-state index in [2.05, 4.69) is 21.4 Å². The van der Waals surface area contributed by atoms with Gasteiger partial charge in [0, 0.05) is 25.8 Å². The summed E-state index contributed by atoms with van der Waals surface area (Å²) in [5.74, 6) is 0. The maximum Gasteiger partial charge on any atom is 0.332 e. The van der Waals surface area contributed by atoms with Crippen LogP contribution in [0.15, 0.2) is 6.07 Å². The largest absolute Gasteiger partial charge is 0.337 e. The van der Waals surface area contributed by atoms with Crippen molar-refractivity contribution in [1.29, 1.82) is 0 Å². The third-order valence-corrected chi connectivity index (χ3v) is 7.35. The monoisotopic (exact) mass is 392 g/mol. The molecule has 0 bridgehead atoms. The molecule has 1 heterocycles. The van der Waals surface area contributed by atoms with E-state index in [0.29, 0.717) is 0 Å². The van der Waals surface area contributed by atoms with E-state index in [-0.39, 0.29) is 19.1 Å². The van der Waals surface area contributed by atoms with E-state index in [0.717, 1.165) is 55.3 Å². The minimum Gasteiger partial charge on any atom is -0.337 e. The van der Waals surface area contributed by atoms with Crippen LogP contribution in [-0.2, 0) is 35.7 Å². The Bertz CT molecular complexity index is 880. The van der Waals surface area contributed by atoms with Gasteiger partial charge in [0.2, 0.25) is 10.0 Å². The third-order valence-electron chi connectivity index (χ3n) is 5.69. The number of rotatable bonds is 3. The fourth-order valence-electron chi connectivity index (χ4n) is 4.32. The molecule has 2 aliphatic carbocycles. The second-order valence-electron chi connectivity index (χ2n) is 7.52. The summed E-state index contributed by atoms with van der Waals surface area (Å²) in [6.45, 7) is 0.0342. The molecular formula is C18H24N4O4S. The predicted molar refractivity (Wildman–Crippen MR) is 101 cm³/mol. The van der Waals surface area contributed by atoms with Crippen molar-refractivity contribution in [3.05, 3.63) is 28.3 Å². The van der Waals surface area contributed by atoms with Crippen LogP contribution in [-0.4, -0.2) is 50.8 Å². The summed E-state index contributed by atoms with van der Waals surface area (Å²) in [5.41, 5.74) is 5.64. The first-order valence-corrected chi connectivity index (χ1v) is 10.9. The molecule has 0 spiro atoms. The van der Waals surface area contributed by atoms with Gasteiger partial charge in [-0.3, -0.25) is 0 Å². The molecule has 1 fully saturated rings. The Kier molecular flexibility index (Phi) is 4.49. The van der Waals surface area contributed by atoms with E-state index < -0.39 is 21.3 Å². The van der Waals surface area contributed by atoms with E-state index in [1.165, 1.54) is 23.1 Å². The highest BCUT2D eigenvalue weighted by Crippen LogP contribution is 2.38. The zero-order valence-electron chi connectivity index (χ0n) is 15.3. The molecule has 8 nitrogen and oxygen atoms in total. The topological polar surface area (TPSA) is 108 Å². The summed E-state index contributed by atoms with van der Waals surface area (Å²) in [7, 11) is -2.38.